The van der Waals surface area contributed by atoms with E-state index in [1.165, 1.54) is 0 Å². The molecule has 0 fully saturated rings. The lowest BCUT2D eigenvalue weighted by atomic mass is 10.1. The minimum Gasteiger partial charge on any atom is -0.351 e. The van der Waals surface area contributed by atoms with E-state index in [0.717, 1.165) is 22.5 Å². The minimum atomic E-state index is -0.487. The fourth-order valence-electron chi connectivity index (χ4n) is 2.44. The van der Waals surface area contributed by atoms with Crippen LogP contribution in [0.4, 0.5) is 10.6 Å². The number of nitrogens with zero attached hydrogens (tertiary/aromatic N) is 2. The number of amides is 3. The summed E-state index contributed by atoms with van der Waals surface area (Å²) in [6.45, 7) is 9.72. The van der Waals surface area contributed by atoms with E-state index >= 15 is 0 Å². The van der Waals surface area contributed by atoms with Crippen molar-refractivity contribution in [1.82, 2.24) is 20.4 Å². The molecule has 7 heteroatoms. The molecular formula is C18H23N5O2. The van der Waals surface area contributed by atoms with Crippen LogP contribution < -0.4 is 16.0 Å². The largest absolute Gasteiger partial charge is 0.351 e. The van der Waals surface area contributed by atoms with Gasteiger partial charge in [-0.2, -0.15) is 0 Å². The molecule has 0 unspecified atom stereocenters. The molecule has 1 aromatic carbocycles. The number of rotatable bonds is 6. The number of benzene rings is 1. The molecule has 132 valence electrons. The zero-order chi connectivity index (χ0) is 18.4. The second-order valence-electron chi connectivity index (χ2n) is 5.83. The Balaban J connectivity index is 2.01. The van der Waals surface area contributed by atoms with Crippen molar-refractivity contribution in [2.24, 2.45) is 0 Å². The first kappa shape index (κ1) is 18.3. The highest BCUT2D eigenvalue weighted by molar-refractivity contribution is 5.91. The number of anilines is 1. The fraction of sp³-hybridized carbons (Fsp3) is 0.278. The van der Waals surface area contributed by atoms with Crippen LogP contribution in [0, 0.1) is 20.8 Å². The van der Waals surface area contributed by atoms with Crippen molar-refractivity contribution in [1.29, 1.82) is 0 Å². The highest BCUT2D eigenvalue weighted by Gasteiger charge is 2.10. The SMILES string of the molecule is C=CCNC(=O)CNC(=O)Nc1cc(C)n(-c2cc(C)cc(C)c2)n1. The second-order valence-corrected chi connectivity index (χ2v) is 5.83. The van der Waals surface area contributed by atoms with Gasteiger partial charge in [0, 0.05) is 18.3 Å². The minimum absolute atomic E-state index is 0.115. The molecule has 3 N–H and O–H groups in total. The van der Waals surface area contributed by atoms with Crippen LogP contribution in [0.15, 0.2) is 36.9 Å². The van der Waals surface area contributed by atoms with Crippen molar-refractivity contribution < 1.29 is 9.59 Å². The van der Waals surface area contributed by atoms with Gasteiger partial charge in [-0.25, -0.2) is 9.48 Å². The third-order valence-electron chi connectivity index (χ3n) is 3.43. The smallest absolute Gasteiger partial charge is 0.320 e. The van der Waals surface area contributed by atoms with Crippen molar-refractivity contribution in [3.8, 4) is 5.69 Å². The fourth-order valence-corrected chi connectivity index (χ4v) is 2.44. The van der Waals surface area contributed by atoms with Crippen LogP contribution in [0.25, 0.3) is 5.69 Å². The molecule has 0 saturated carbocycles. The van der Waals surface area contributed by atoms with E-state index in [1.54, 1.807) is 16.8 Å². The van der Waals surface area contributed by atoms with E-state index in [2.05, 4.69) is 33.7 Å². The number of carbonyl (C=O) groups excluding carboxylic acids is 2. The van der Waals surface area contributed by atoms with Crippen molar-refractivity contribution in [3.63, 3.8) is 0 Å². The normalized spacial score (nSPS) is 10.2. The second kappa shape index (κ2) is 8.14. The molecule has 0 aliphatic rings. The summed E-state index contributed by atoms with van der Waals surface area (Å²) in [5.74, 6) is 0.132. The van der Waals surface area contributed by atoms with Gasteiger partial charge >= 0.3 is 6.03 Å². The van der Waals surface area contributed by atoms with Gasteiger partial charge in [-0.3, -0.25) is 10.1 Å². The third-order valence-corrected chi connectivity index (χ3v) is 3.43. The number of carbonyl (C=O) groups is 2. The highest BCUT2D eigenvalue weighted by atomic mass is 16.2. The van der Waals surface area contributed by atoms with Gasteiger partial charge in [0.25, 0.3) is 0 Å². The van der Waals surface area contributed by atoms with E-state index in [-0.39, 0.29) is 12.5 Å². The lowest BCUT2D eigenvalue weighted by Gasteiger charge is -2.07. The van der Waals surface area contributed by atoms with Crippen LogP contribution in [0.3, 0.4) is 0 Å². The Morgan fingerprint density at radius 1 is 1.12 bits per heavy atom. The lowest BCUT2D eigenvalue weighted by Crippen LogP contribution is -2.39. The van der Waals surface area contributed by atoms with Gasteiger partial charge < -0.3 is 10.6 Å². The van der Waals surface area contributed by atoms with E-state index in [0.29, 0.717) is 12.4 Å². The van der Waals surface area contributed by atoms with Gasteiger partial charge in [-0.15, -0.1) is 11.7 Å². The summed E-state index contributed by atoms with van der Waals surface area (Å²) in [6.07, 6.45) is 1.57. The van der Waals surface area contributed by atoms with Crippen molar-refractivity contribution in [2.75, 3.05) is 18.4 Å². The predicted molar refractivity (Wildman–Crippen MR) is 98.0 cm³/mol. The average Bonchev–Trinajstić information content (AvgIpc) is 2.90. The van der Waals surface area contributed by atoms with Crippen molar-refractivity contribution in [2.45, 2.75) is 20.8 Å². The number of aromatic nitrogens is 2. The quantitative estimate of drug-likeness (QED) is 0.704. The summed E-state index contributed by atoms with van der Waals surface area (Å²) >= 11 is 0. The number of aryl methyl sites for hydroxylation is 3. The Morgan fingerprint density at radius 3 is 2.44 bits per heavy atom. The first-order valence-corrected chi connectivity index (χ1v) is 7.97. The number of nitrogens with one attached hydrogen (secondary N) is 3. The molecule has 0 bridgehead atoms. The number of hydrogen-bond donors (Lipinski definition) is 3. The van der Waals surface area contributed by atoms with Crippen LogP contribution in [-0.2, 0) is 4.79 Å². The topological polar surface area (TPSA) is 88.0 Å². The van der Waals surface area contributed by atoms with Crippen LogP contribution in [0.2, 0.25) is 0 Å². The van der Waals surface area contributed by atoms with Crippen LogP contribution in [0.1, 0.15) is 16.8 Å². The molecule has 2 aromatic rings. The zero-order valence-electron chi connectivity index (χ0n) is 14.7. The average molecular weight is 341 g/mol. The monoisotopic (exact) mass is 341 g/mol. The molecule has 0 aliphatic heterocycles. The molecule has 1 heterocycles. The van der Waals surface area contributed by atoms with Gasteiger partial charge in [0.15, 0.2) is 5.82 Å². The summed E-state index contributed by atoms with van der Waals surface area (Å²) in [5.41, 5.74) is 4.11. The molecule has 0 radical (unpaired) electrons. The Kier molecular flexibility index (Phi) is 5.94. The molecule has 25 heavy (non-hydrogen) atoms. The van der Waals surface area contributed by atoms with E-state index in [9.17, 15) is 9.59 Å². The maximum Gasteiger partial charge on any atom is 0.320 e. The van der Waals surface area contributed by atoms with Gasteiger partial charge in [0.1, 0.15) is 0 Å². The molecule has 0 saturated heterocycles. The number of urea groups is 1. The Morgan fingerprint density at radius 2 is 1.80 bits per heavy atom. The Labute approximate surface area is 147 Å². The maximum atomic E-state index is 11.9. The summed E-state index contributed by atoms with van der Waals surface area (Å²) in [6, 6.07) is 7.43. The molecule has 2 rings (SSSR count). The van der Waals surface area contributed by atoms with Gasteiger partial charge in [-0.1, -0.05) is 12.1 Å². The third kappa shape index (κ3) is 5.20. The lowest BCUT2D eigenvalue weighted by molar-refractivity contribution is -0.119. The predicted octanol–water partition coefficient (Wildman–Crippen LogP) is 2.22. The van der Waals surface area contributed by atoms with Crippen LogP contribution in [-0.4, -0.2) is 34.8 Å². The number of hydrogen-bond acceptors (Lipinski definition) is 3. The summed E-state index contributed by atoms with van der Waals surface area (Å²) in [4.78, 5) is 23.3. The first-order valence-electron chi connectivity index (χ1n) is 7.97. The molecular weight excluding hydrogens is 318 g/mol. The first-order chi connectivity index (χ1) is 11.9. The van der Waals surface area contributed by atoms with E-state index < -0.39 is 6.03 Å². The molecule has 0 atom stereocenters. The van der Waals surface area contributed by atoms with Crippen LogP contribution in [0.5, 0.6) is 0 Å². The van der Waals surface area contributed by atoms with E-state index in [4.69, 9.17) is 0 Å². The summed E-state index contributed by atoms with van der Waals surface area (Å²) in [7, 11) is 0. The standard InChI is InChI=1S/C18H23N5O2/c1-5-6-19-17(24)11-20-18(25)21-16-10-14(4)23(22-16)15-8-12(2)7-13(3)9-15/h5,7-10H,1,6,11H2,2-4H3,(H,19,24)(H2,20,21,22,25). The maximum absolute atomic E-state index is 11.9. The Bertz CT molecular complexity index is 775. The molecule has 3 amide bonds. The Hall–Kier alpha value is -3.09. The highest BCUT2D eigenvalue weighted by Crippen LogP contribution is 2.17. The zero-order valence-corrected chi connectivity index (χ0v) is 14.7. The van der Waals surface area contributed by atoms with Crippen molar-refractivity contribution >= 4 is 17.8 Å². The van der Waals surface area contributed by atoms with E-state index in [1.807, 2.05) is 32.9 Å². The van der Waals surface area contributed by atoms with Crippen molar-refractivity contribution in [3.05, 3.63) is 53.7 Å². The summed E-state index contributed by atoms with van der Waals surface area (Å²) in [5, 5.41) is 12.1. The molecule has 1 aromatic heterocycles. The molecule has 0 spiro atoms. The van der Waals surface area contributed by atoms with Gasteiger partial charge in [-0.05, 0) is 44.0 Å². The van der Waals surface area contributed by atoms with Gasteiger partial charge in [0.2, 0.25) is 5.91 Å². The summed E-state index contributed by atoms with van der Waals surface area (Å²) < 4.78 is 1.77. The van der Waals surface area contributed by atoms with Gasteiger partial charge in [0.05, 0.1) is 12.2 Å². The molecule has 0 aliphatic carbocycles. The van der Waals surface area contributed by atoms with Crippen LogP contribution >= 0.6 is 0 Å². The molecule has 7 nitrogen and oxygen atoms in total.